The number of aliphatic carboxylic acids is 1. The van der Waals surface area contributed by atoms with Crippen molar-refractivity contribution in [2.45, 2.75) is 18.9 Å². The second kappa shape index (κ2) is 5.94. The van der Waals surface area contributed by atoms with Crippen LogP contribution in [0, 0.1) is 5.92 Å². The first kappa shape index (κ1) is 14.6. The Balaban J connectivity index is 2.74. The molecule has 2 unspecified atom stereocenters. The number of carboxylic acid groups (broad SMARTS) is 1. The summed E-state index contributed by atoms with van der Waals surface area (Å²) < 4.78 is 11.0. The molecule has 1 rings (SSSR count). The monoisotopic (exact) mass is 276 g/mol. The summed E-state index contributed by atoms with van der Waals surface area (Å²) in [7, 11) is -1.12. The zero-order valence-corrected chi connectivity index (χ0v) is 10.8. The molecule has 0 bridgehead atoms. The fraction of sp³-hybridized carbons (Fsp3) is 0.700. The smallest absolute Gasteiger partial charge is 0.326 e. The summed E-state index contributed by atoms with van der Waals surface area (Å²) in [6.45, 7) is 0.0292. The van der Waals surface area contributed by atoms with Gasteiger partial charge in [-0.1, -0.05) is 0 Å². The maximum atomic E-state index is 11.7. The van der Waals surface area contributed by atoms with Crippen LogP contribution in [0.4, 0.5) is 0 Å². The van der Waals surface area contributed by atoms with Gasteiger partial charge >= 0.3 is 5.97 Å². The molecule has 0 saturated carbocycles. The van der Waals surface area contributed by atoms with Crippen molar-refractivity contribution in [2.24, 2.45) is 11.7 Å². The first-order valence-corrected chi connectivity index (χ1v) is 7.17. The molecule has 0 aliphatic carbocycles. The first-order chi connectivity index (χ1) is 8.32. The minimum atomic E-state index is -1.15. The Morgan fingerprint density at radius 3 is 2.61 bits per heavy atom. The molecule has 1 aliphatic rings. The number of amides is 2. The third kappa shape index (κ3) is 3.52. The van der Waals surface area contributed by atoms with Gasteiger partial charge in [-0.15, -0.1) is 0 Å². The molecule has 3 N–H and O–H groups in total. The fourth-order valence-electron chi connectivity index (χ4n) is 1.91. The lowest BCUT2D eigenvalue weighted by Gasteiger charge is -2.24. The Morgan fingerprint density at radius 2 is 2.22 bits per heavy atom. The van der Waals surface area contributed by atoms with Gasteiger partial charge in [-0.3, -0.25) is 13.8 Å². The van der Waals surface area contributed by atoms with Crippen molar-refractivity contribution in [3.63, 3.8) is 0 Å². The van der Waals surface area contributed by atoms with Crippen molar-refractivity contribution in [3.8, 4) is 0 Å². The number of nitrogens with two attached hydrogens (primary N) is 1. The minimum absolute atomic E-state index is 0.0292. The first-order valence-electron chi connectivity index (χ1n) is 5.44. The molecule has 2 amide bonds. The van der Waals surface area contributed by atoms with Gasteiger partial charge < -0.3 is 15.7 Å². The lowest BCUT2D eigenvalue weighted by atomic mass is 10.1. The number of nitrogens with zero attached hydrogens (tertiary/aromatic N) is 1. The number of likely N-dealkylation sites (tertiary alicyclic amines) is 1. The van der Waals surface area contributed by atoms with Crippen LogP contribution >= 0.6 is 0 Å². The summed E-state index contributed by atoms with van der Waals surface area (Å²) in [6, 6.07) is -1.04. The molecule has 0 aromatic carbocycles. The lowest BCUT2D eigenvalue weighted by Crippen LogP contribution is -2.43. The van der Waals surface area contributed by atoms with Crippen LogP contribution < -0.4 is 5.73 Å². The van der Waals surface area contributed by atoms with Gasteiger partial charge in [-0.2, -0.15) is 0 Å². The topological polar surface area (TPSA) is 118 Å². The maximum absolute atomic E-state index is 11.7. The molecule has 1 fully saturated rings. The van der Waals surface area contributed by atoms with Crippen LogP contribution in [0.5, 0.6) is 0 Å². The van der Waals surface area contributed by atoms with Crippen LogP contribution in [-0.4, -0.2) is 56.6 Å². The highest BCUT2D eigenvalue weighted by molar-refractivity contribution is 7.84. The van der Waals surface area contributed by atoms with E-state index >= 15 is 0 Å². The van der Waals surface area contributed by atoms with E-state index in [1.807, 2.05) is 0 Å². The predicted molar refractivity (Wildman–Crippen MR) is 64.0 cm³/mol. The predicted octanol–water partition coefficient (Wildman–Crippen LogP) is -1.46. The summed E-state index contributed by atoms with van der Waals surface area (Å²) in [5, 5.41) is 9.08. The van der Waals surface area contributed by atoms with Crippen LogP contribution in [0.15, 0.2) is 0 Å². The average molecular weight is 276 g/mol. The maximum Gasteiger partial charge on any atom is 0.326 e. The lowest BCUT2D eigenvalue weighted by molar-refractivity contribution is -0.148. The van der Waals surface area contributed by atoms with Gasteiger partial charge in [0.15, 0.2) is 0 Å². The Hall–Kier alpha value is -1.44. The van der Waals surface area contributed by atoms with Crippen LogP contribution in [0.25, 0.3) is 0 Å². The van der Waals surface area contributed by atoms with Crippen LogP contribution in [0.2, 0.25) is 0 Å². The number of carbonyl (C=O) groups is 3. The fourth-order valence-corrected chi connectivity index (χ4v) is 2.47. The number of rotatable bonds is 6. The van der Waals surface area contributed by atoms with E-state index in [1.165, 1.54) is 6.26 Å². The zero-order valence-electron chi connectivity index (χ0n) is 10.00. The number of carboxylic acids is 1. The minimum Gasteiger partial charge on any atom is -0.480 e. The number of primary amides is 1. The summed E-state index contributed by atoms with van der Waals surface area (Å²) in [5.41, 5.74) is 5.11. The van der Waals surface area contributed by atoms with Gasteiger partial charge in [0.2, 0.25) is 11.8 Å². The molecule has 102 valence electrons. The van der Waals surface area contributed by atoms with Crippen molar-refractivity contribution in [1.29, 1.82) is 0 Å². The van der Waals surface area contributed by atoms with Crippen molar-refractivity contribution in [1.82, 2.24) is 4.90 Å². The van der Waals surface area contributed by atoms with Gasteiger partial charge in [0.25, 0.3) is 0 Å². The summed E-state index contributed by atoms with van der Waals surface area (Å²) in [5.74, 6) is -2.59. The quantitative estimate of drug-likeness (QED) is 0.615. The van der Waals surface area contributed by atoms with E-state index < -0.39 is 40.5 Å². The normalized spacial score (nSPS) is 22.8. The molecule has 8 heteroatoms. The van der Waals surface area contributed by atoms with E-state index in [9.17, 15) is 18.6 Å². The Morgan fingerprint density at radius 1 is 1.61 bits per heavy atom. The molecule has 18 heavy (non-hydrogen) atoms. The van der Waals surface area contributed by atoms with E-state index in [0.717, 1.165) is 4.90 Å². The van der Waals surface area contributed by atoms with Crippen LogP contribution in [-0.2, 0) is 25.2 Å². The van der Waals surface area contributed by atoms with Gasteiger partial charge in [0.05, 0.1) is 5.92 Å². The largest absolute Gasteiger partial charge is 0.480 e. The molecule has 1 aliphatic heterocycles. The van der Waals surface area contributed by atoms with E-state index in [1.54, 1.807) is 0 Å². The van der Waals surface area contributed by atoms with E-state index in [4.69, 9.17) is 10.8 Å². The summed E-state index contributed by atoms with van der Waals surface area (Å²) in [4.78, 5) is 34.9. The highest BCUT2D eigenvalue weighted by Gasteiger charge is 2.39. The highest BCUT2D eigenvalue weighted by Crippen LogP contribution is 2.21. The summed E-state index contributed by atoms with van der Waals surface area (Å²) >= 11 is 0. The molecular formula is C10H16N2O5S. The van der Waals surface area contributed by atoms with Gasteiger partial charge in [0, 0.05) is 35.8 Å². The summed E-state index contributed by atoms with van der Waals surface area (Å²) in [6.07, 6.45) is 1.53. The molecule has 0 spiro atoms. The molecule has 1 heterocycles. The standard InChI is InChI=1S/C10H16N2O5S/c1-18(17)3-2-7(10(15)16)12-5-6(9(11)14)4-8(12)13/h6-7H,2-5H2,1H3,(H2,11,14)(H,15,16)/t6?,7-,18?/m0/s1. The molecule has 3 atom stereocenters. The second-order valence-corrected chi connectivity index (χ2v) is 5.82. The third-order valence-electron chi connectivity index (χ3n) is 2.90. The van der Waals surface area contributed by atoms with E-state index in [-0.39, 0.29) is 25.1 Å². The molecule has 0 aromatic heterocycles. The zero-order chi connectivity index (χ0) is 13.9. The van der Waals surface area contributed by atoms with Crippen molar-refractivity contribution in [3.05, 3.63) is 0 Å². The van der Waals surface area contributed by atoms with Crippen LogP contribution in [0.3, 0.4) is 0 Å². The molecule has 1 saturated heterocycles. The van der Waals surface area contributed by atoms with Crippen molar-refractivity contribution >= 4 is 28.6 Å². The molecular weight excluding hydrogens is 260 g/mol. The Kier molecular flexibility index (Phi) is 4.83. The van der Waals surface area contributed by atoms with Crippen molar-refractivity contribution in [2.75, 3.05) is 18.6 Å². The van der Waals surface area contributed by atoms with E-state index in [0.29, 0.717) is 0 Å². The van der Waals surface area contributed by atoms with E-state index in [2.05, 4.69) is 0 Å². The van der Waals surface area contributed by atoms with Gasteiger partial charge in [-0.05, 0) is 6.42 Å². The molecule has 7 nitrogen and oxygen atoms in total. The van der Waals surface area contributed by atoms with Gasteiger partial charge in [0.1, 0.15) is 6.04 Å². The SMILES string of the molecule is CS(=O)CC[C@@H](C(=O)O)N1CC(C(N)=O)CC1=O. The molecule has 0 aromatic rings. The third-order valence-corrected chi connectivity index (χ3v) is 3.71. The van der Waals surface area contributed by atoms with Gasteiger partial charge in [-0.25, -0.2) is 4.79 Å². The molecule has 0 radical (unpaired) electrons. The number of hydrogen-bond donors (Lipinski definition) is 2. The average Bonchev–Trinajstić information content (AvgIpc) is 2.60. The second-order valence-electron chi connectivity index (χ2n) is 4.27. The number of hydrogen-bond acceptors (Lipinski definition) is 4. The van der Waals surface area contributed by atoms with Crippen molar-refractivity contribution < 1.29 is 23.7 Å². The highest BCUT2D eigenvalue weighted by atomic mass is 32.2. The Bertz CT molecular complexity index is 398. The number of carbonyl (C=O) groups excluding carboxylic acids is 2. The Labute approximate surface area is 107 Å². The van der Waals surface area contributed by atoms with Crippen LogP contribution in [0.1, 0.15) is 12.8 Å².